The minimum atomic E-state index is -0.103. The van der Waals surface area contributed by atoms with Crippen molar-refractivity contribution in [3.63, 3.8) is 0 Å². The zero-order chi connectivity index (χ0) is 9.73. The fourth-order valence-electron chi connectivity index (χ4n) is 0.898. The molecule has 0 saturated heterocycles. The zero-order valence-corrected chi connectivity index (χ0v) is 9.28. The molecule has 0 bridgehead atoms. The molecule has 1 N–H and O–H groups in total. The summed E-state index contributed by atoms with van der Waals surface area (Å²) in [6, 6.07) is 2.14. The Kier molecular flexibility index (Phi) is 3.90. The van der Waals surface area contributed by atoms with Gasteiger partial charge >= 0.3 is 0 Å². The Labute approximate surface area is 83.9 Å². The summed E-state index contributed by atoms with van der Waals surface area (Å²) in [5.41, 5.74) is 4.24. The number of hydrogen-bond donors (Lipinski definition) is 1. The highest BCUT2D eigenvalue weighted by Crippen LogP contribution is 2.07. The fourth-order valence-corrected chi connectivity index (χ4v) is 1.60. The van der Waals surface area contributed by atoms with Crippen molar-refractivity contribution >= 4 is 11.3 Å². The number of nitrogens with one attached hydrogen (secondary N) is 1. The van der Waals surface area contributed by atoms with E-state index in [2.05, 4.69) is 22.3 Å². The van der Waals surface area contributed by atoms with E-state index < -0.39 is 0 Å². The molecule has 0 aliphatic carbocycles. The maximum absolute atomic E-state index is 5.38. The molecule has 0 atom stereocenters. The molecule has 0 aliphatic heterocycles. The summed E-state index contributed by atoms with van der Waals surface area (Å²) >= 11 is 1.73. The molecular weight excluding hydrogens is 182 g/mol. The van der Waals surface area contributed by atoms with E-state index in [0.29, 0.717) is 0 Å². The first-order valence-electron chi connectivity index (χ1n) is 4.50. The molecule has 0 amide bonds. The van der Waals surface area contributed by atoms with Crippen molar-refractivity contribution in [2.75, 3.05) is 6.54 Å². The Morgan fingerprint density at radius 2 is 2.23 bits per heavy atom. The van der Waals surface area contributed by atoms with Crippen LogP contribution in [0.1, 0.15) is 26.3 Å². The van der Waals surface area contributed by atoms with Crippen LogP contribution in [0.5, 0.6) is 0 Å². The largest absolute Gasteiger partial charge is 0.296 e. The summed E-state index contributed by atoms with van der Waals surface area (Å²) in [5.74, 6) is 0. The van der Waals surface area contributed by atoms with Gasteiger partial charge in [0.2, 0.25) is 0 Å². The van der Waals surface area contributed by atoms with Crippen molar-refractivity contribution < 1.29 is 4.84 Å². The van der Waals surface area contributed by atoms with Gasteiger partial charge in [-0.05, 0) is 49.6 Å². The van der Waals surface area contributed by atoms with Crippen molar-refractivity contribution in [2.24, 2.45) is 0 Å². The second-order valence-corrected chi connectivity index (χ2v) is 4.77. The lowest BCUT2D eigenvalue weighted by Gasteiger charge is -2.19. The van der Waals surface area contributed by atoms with E-state index in [4.69, 9.17) is 4.84 Å². The van der Waals surface area contributed by atoms with Gasteiger partial charge in [-0.2, -0.15) is 11.3 Å². The molecule has 0 fully saturated rings. The highest BCUT2D eigenvalue weighted by molar-refractivity contribution is 7.07. The van der Waals surface area contributed by atoms with Gasteiger partial charge in [-0.25, -0.2) is 5.48 Å². The van der Waals surface area contributed by atoms with Crippen molar-refractivity contribution in [1.29, 1.82) is 0 Å². The summed E-state index contributed by atoms with van der Waals surface area (Å²) in [7, 11) is 0. The first kappa shape index (κ1) is 10.7. The zero-order valence-electron chi connectivity index (χ0n) is 8.46. The van der Waals surface area contributed by atoms with Gasteiger partial charge in [0.15, 0.2) is 0 Å². The lowest BCUT2D eigenvalue weighted by Crippen LogP contribution is -2.30. The van der Waals surface area contributed by atoms with Gasteiger partial charge in [0.05, 0.1) is 5.60 Å². The van der Waals surface area contributed by atoms with Crippen molar-refractivity contribution in [2.45, 2.75) is 32.8 Å². The Hall–Kier alpha value is -0.380. The molecule has 0 spiro atoms. The highest BCUT2D eigenvalue weighted by atomic mass is 32.1. The number of hydrogen-bond acceptors (Lipinski definition) is 3. The van der Waals surface area contributed by atoms with Gasteiger partial charge in [0, 0.05) is 6.54 Å². The van der Waals surface area contributed by atoms with Crippen molar-refractivity contribution in [1.82, 2.24) is 5.48 Å². The van der Waals surface area contributed by atoms with Crippen LogP contribution >= 0.6 is 11.3 Å². The molecule has 0 saturated carbocycles. The van der Waals surface area contributed by atoms with Crippen LogP contribution in [0, 0.1) is 0 Å². The van der Waals surface area contributed by atoms with E-state index in [9.17, 15) is 0 Å². The Morgan fingerprint density at radius 1 is 1.46 bits per heavy atom. The van der Waals surface area contributed by atoms with E-state index in [1.807, 2.05) is 20.8 Å². The SMILES string of the molecule is CC(C)(C)ONCCc1ccsc1. The average molecular weight is 199 g/mol. The van der Waals surface area contributed by atoms with Gasteiger partial charge < -0.3 is 0 Å². The molecule has 74 valence electrons. The molecule has 0 aliphatic rings. The molecule has 1 aromatic heterocycles. The van der Waals surface area contributed by atoms with Gasteiger partial charge in [0.25, 0.3) is 0 Å². The second kappa shape index (κ2) is 4.74. The van der Waals surface area contributed by atoms with Crippen LogP contribution in [0.25, 0.3) is 0 Å². The predicted molar refractivity (Wildman–Crippen MR) is 56.9 cm³/mol. The molecule has 13 heavy (non-hydrogen) atoms. The molecule has 1 heterocycles. The Bertz CT molecular complexity index is 226. The average Bonchev–Trinajstić information content (AvgIpc) is 2.48. The summed E-state index contributed by atoms with van der Waals surface area (Å²) in [4.78, 5) is 5.38. The van der Waals surface area contributed by atoms with Crippen LogP contribution in [0.2, 0.25) is 0 Å². The molecule has 0 aromatic carbocycles. The topological polar surface area (TPSA) is 21.3 Å². The normalized spacial score (nSPS) is 11.9. The summed E-state index contributed by atoms with van der Waals surface area (Å²) < 4.78 is 0. The molecule has 0 radical (unpaired) electrons. The minimum Gasteiger partial charge on any atom is -0.296 e. The third-order valence-corrected chi connectivity index (χ3v) is 2.21. The molecule has 3 heteroatoms. The predicted octanol–water partition coefficient (Wildman–Crippen LogP) is 2.61. The summed E-state index contributed by atoms with van der Waals surface area (Å²) in [6.07, 6.45) is 1.03. The van der Waals surface area contributed by atoms with Gasteiger partial charge in [-0.15, -0.1) is 0 Å². The van der Waals surface area contributed by atoms with Crippen molar-refractivity contribution in [3.8, 4) is 0 Å². The molecule has 0 unspecified atom stereocenters. The van der Waals surface area contributed by atoms with E-state index in [1.54, 1.807) is 11.3 Å². The maximum atomic E-state index is 5.38. The van der Waals surface area contributed by atoms with Crippen LogP contribution in [0.15, 0.2) is 16.8 Å². The van der Waals surface area contributed by atoms with E-state index in [0.717, 1.165) is 13.0 Å². The van der Waals surface area contributed by atoms with Crippen LogP contribution < -0.4 is 5.48 Å². The lowest BCUT2D eigenvalue weighted by molar-refractivity contribution is -0.0717. The van der Waals surface area contributed by atoms with Gasteiger partial charge in [-0.1, -0.05) is 0 Å². The fraction of sp³-hybridized carbons (Fsp3) is 0.600. The smallest absolute Gasteiger partial charge is 0.0812 e. The van der Waals surface area contributed by atoms with E-state index in [1.165, 1.54) is 5.56 Å². The van der Waals surface area contributed by atoms with E-state index >= 15 is 0 Å². The lowest BCUT2D eigenvalue weighted by atomic mass is 10.2. The molecular formula is C10H17NOS. The van der Waals surface area contributed by atoms with E-state index in [-0.39, 0.29) is 5.60 Å². The van der Waals surface area contributed by atoms with Crippen LogP contribution in [0.4, 0.5) is 0 Å². The Balaban J connectivity index is 2.09. The number of hydroxylamine groups is 1. The Morgan fingerprint density at radius 3 is 2.77 bits per heavy atom. The maximum Gasteiger partial charge on any atom is 0.0812 e. The minimum absolute atomic E-state index is 0.103. The van der Waals surface area contributed by atoms with Crippen molar-refractivity contribution in [3.05, 3.63) is 22.4 Å². The first-order chi connectivity index (χ1) is 6.08. The summed E-state index contributed by atoms with van der Waals surface area (Å²) in [6.45, 7) is 6.97. The summed E-state index contributed by atoms with van der Waals surface area (Å²) in [5, 5.41) is 4.26. The monoisotopic (exact) mass is 199 g/mol. The third kappa shape index (κ3) is 5.03. The second-order valence-electron chi connectivity index (χ2n) is 3.99. The van der Waals surface area contributed by atoms with Crippen LogP contribution in [-0.4, -0.2) is 12.1 Å². The first-order valence-corrected chi connectivity index (χ1v) is 5.44. The highest BCUT2D eigenvalue weighted by Gasteiger charge is 2.09. The molecule has 2 nitrogen and oxygen atoms in total. The standard InChI is InChI=1S/C10H17NOS/c1-10(2,3)12-11-6-4-9-5-7-13-8-9/h5,7-8,11H,4,6H2,1-3H3. The quantitative estimate of drug-likeness (QED) is 0.594. The number of rotatable bonds is 4. The number of thiophene rings is 1. The molecule has 1 rings (SSSR count). The van der Waals surface area contributed by atoms with Gasteiger partial charge in [-0.3, -0.25) is 4.84 Å². The van der Waals surface area contributed by atoms with Crippen LogP contribution in [-0.2, 0) is 11.3 Å². The van der Waals surface area contributed by atoms with Crippen LogP contribution in [0.3, 0.4) is 0 Å². The molecule has 1 aromatic rings. The van der Waals surface area contributed by atoms with Gasteiger partial charge in [0.1, 0.15) is 0 Å². The third-order valence-electron chi connectivity index (χ3n) is 1.47.